The average molecular weight is 229 g/mol. The van der Waals surface area contributed by atoms with Gasteiger partial charge in [-0.1, -0.05) is 0 Å². The van der Waals surface area contributed by atoms with Crippen LogP contribution in [-0.2, 0) is 0 Å². The van der Waals surface area contributed by atoms with E-state index >= 15 is 0 Å². The highest BCUT2D eigenvalue weighted by molar-refractivity contribution is 7.80. The maximum Gasteiger partial charge on any atom is 0.110 e. The molecule has 0 radical (unpaired) electrons. The van der Waals surface area contributed by atoms with Crippen LogP contribution in [0.4, 0.5) is 0 Å². The standard InChI is InChI=1S/C9H11NO2S2/c10-4-7-3-6(5-14-7)9(12)8(11)1-2-13/h3,5,8-9,11-13H,1-2H2. The average Bonchev–Trinajstić information content (AvgIpc) is 2.65. The fraction of sp³-hybridized carbons (Fsp3) is 0.444. The molecule has 0 aliphatic rings. The fourth-order valence-electron chi connectivity index (χ4n) is 1.08. The van der Waals surface area contributed by atoms with Gasteiger partial charge in [0.15, 0.2) is 0 Å². The molecular weight excluding hydrogens is 218 g/mol. The first-order valence-electron chi connectivity index (χ1n) is 4.14. The molecule has 2 N–H and O–H groups in total. The second-order valence-electron chi connectivity index (χ2n) is 2.88. The fourth-order valence-corrected chi connectivity index (χ4v) is 2.07. The van der Waals surface area contributed by atoms with E-state index in [1.54, 1.807) is 11.4 Å². The Morgan fingerprint density at radius 1 is 1.57 bits per heavy atom. The van der Waals surface area contributed by atoms with E-state index in [0.29, 0.717) is 22.6 Å². The highest BCUT2D eigenvalue weighted by Gasteiger charge is 2.18. The van der Waals surface area contributed by atoms with Crippen molar-refractivity contribution in [3.8, 4) is 6.07 Å². The Bertz CT molecular complexity index is 332. The van der Waals surface area contributed by atoms with Gasteiger partial charge in [-0.05, 0) is 29.2 Å². The van der Waals surface area contributed by atoms with Crippen molar-refractivity contribution >= 4 is 24.0 Å². The molecule has 1 aromatic rings. The summed E-state index contributed by atoms with van der Waals surface area (Å²) in [6, 6.07) is 3.58. The van der Waals surface area contributed by atoms with Gasteiger partial charge in [-0.2, -0.15) is 17.9 Å². The number of thiophene rings is 1. The van der Waals surface area contributed by atoms with Crippen LogP contribution < -0.4 is 0 Å². The largest absolute Gasteiger partial charge is 0.390 e. The lowest BCUT2D eigenvalue weighted by Crippen LogP contribution is -2.18. The van der Waals surface area contributed by atoms with Crippen LogP contribution in [0.1, 0.15) is 23.0 Å². The van der Waals surface area contributed by atoms with Crippen LogP contribution in [0.2, 0.25) is 0 Å². The number of nitrogens with zero attached hydrogens (tertiary/aromatic N) is 1. The van der Waals surface area contributed by atoms with Crippen LogP contribution >= 0.6 is 24.0 Å². The molecular formula is C9H11NO2S2. The lowest BCUT2D eigenvalue weighted by Gasteiger charge is -2.15. The van der Waals surface area contributed by atoms with E-state index in [0.717, 1.165) is 0 Å². The van der Waals surface area contributed by atoms with Gasteiger partial charge in [-0.25, -0.2) is 0 Å². The molecule has 0 aromatic carbocycles. The van der Waals surface area contributed by atoms with Crippen LogP contribution in [0.25, 0.3) is 0 Å². The van der Waals surface area contributed by atoms with E-state index in [2.05, 4.69) is 12.6 Å². The predicted octanol–water partition coefficient (Wildman–Crippen LogP) is 1.33. The molecule has 5 heteroatoms. The van der Waals surface area contributed by atoms with Gasteiger partial charge in [-0.15, -0.1) is 11.3 Å². The van der Waals surface area contributed by atoms with E-state index in [1.165, 1.54) is 11.3 Å². The molecule has 2 atom stereocenters. The van der Waals surface area contributed by atoms with Crippen molar-refractivity contribution in [2.24, 2.45) is 0 Å². The molecule has 0 bridgehead atoms. The van der Waals surface area contributed by atoms with Gasteiger partial charge in [-0.3, -0.25) is 0 Å². The lowest BCUT2D eigenvalue weighted by molar-refractivity contribution is 0.0175. The van der Waals surface area contributed by atoms with Crippen LogP contribution in [0.15, 0.2) is 11.4 Å². The molecule has 0 aliphatic carbocycles. The van der Waals surface area contributed by atoms with E-state index in [1.807, 2.05) is 6.07 Å². The molecule has 2 unspecified atom stereocenters. The molecule has 14 heavy (non-hydrogen) atoms. The van der Waals surface area contributed by atoms with Gasteiger partial charge < -0.3 is 10.2 Å². The molecule has 1 rings (SSSR count). The molecule has 0 spiro atoms. The summed E-state index contributed by atoms with van der Waals surface area (Å²) in [5, 5.41) is 29.4. The zero-order valence-electron chi connectivity index (χ0n) is 7.42. The van der Waals surface area contributed by atoms with E-state index in [4.69, 9.17) is 5.26 Å². The number of nitriles is 1. The molecule has 0 aliphatic heterocycles. The summed E-state index contributed by atoms with van der Waals surface area (Å²) in [4.78, 5) is 0.539. The first-order valence-corrected chi connectivity index (χ1v) is 5.65. The van der Waals surface area contributed by atoms with Crippen molar-refractivity contribution < 1.29 is 10.2 Å². The Morgan fingerprint density at radius 3 is 2.79 bits per heavy atom. The minimum Gasteiger partial charge on any atom is -0.390 e. The van der Waals surface area contributed by atoms with Gasteiger partial charge >= 0.3 is 0 Å². The zero-order valence-corrected chi connectivity index (χ0v) is 9.13. The monoisotopic (exact) mass is 229 g/mol. The van der Waals surface area contributed by atoms with Gasteiger partial charge in [0.25, 0.3) is 0 Å². The zero-order chi connectivity index (χ0) is 10.6. The summed E-state index contributed by atoms with van der Waals surface area (Å²) in [6.07, 6.45) is -1.30. The highest BCUT2D eigenvalue weighted by Crippen LogP contribution is 2.24. The van der Waals surface area contributed by atoms with E-state index < -0.39 is 12.2 Å². The molecule has 0 saturated heterocycles. The van der Waals surface area contributed by atoms with Crippen LogP contribution in [0.5, 0.6) is 0 Å². The second-order valence-corrected chi connectivity index (χ2v) is 4.24. The summed E-state index contributed by atoms with van der Waals surface area (Å²) in [7, 11) is 0. The molecule has 3 nitrogen and oxygen atoms in total. The van der Waals surface area contributed by atoms with E-state index in [9.17, 15) is 10.2 Å². The van der Waals surface area contributed by atoms with Crippen molar-refractivity contribution in [1.29, 1.82) is 5.26 Å². The number of aliphatic hydroxyl groups excluding tert-OH is 2. The summed E-state index contributed by atoms with van der Waals surface area (Å²) in [5.41, 5.74) is 0.598. The maximum atomic E-state index is 9.64. The first kappa shape index (κ1) is 11.5. The summed E-state index contributed by atoms with van der Waals surface area (Å²) in [6.45, 7) is 0. The van der Waals surface area contributed by atoms with Gasteiger partial charge in [0.05, 0.1) is 6.10 Å². The van der Waals surface area contributed by atoms with E-state index in [-0.39, 0.29) is 0 Å². The SMILES string of the molecule is N#Cc1cc(C(O)C(O)CCS)cs1. The lowest BCUT2D eigenvalue weighted by atomic mass is 10.1. The Hall–Kier alpha value is -0.540. The van der Waals surface area contributed by atoms with Crippen LogP contribution in [0.3, 0.4) is 0 Å². The minimum absolute atomic E-state index is 0.433. The van der Waals surface area contributed by atoms with Gasteiger partial charge in [0, 0.05) is 0 Å². The Balaban J connectivity index is 2.69. The minimum atomic E-state index is -0.916. The van der Waals surface area contributed by atoms with Crippen LogP contribution in [-0.4, -0.2) is 22.1 Å². The Kier molecular flexibility index (Phi) is 4.42. The molecule has 0 fully saturated rings. The van der Waals surface area contributed by atoms with Crippen molar-refractivity contribution in [1.82, 2.24) is 0 Å². The number of aliphatic hydroxyl groups is 2. The summed E-state index contributed by atoms with van der Waals surface area (Å²) >= 11 is 5.23. The smallest absolute Gasteiger partial charge is 0.110 e. The van der Waals surface area contributed by atoms with Crippen LogP contribution in [0, 0.1) is 11.3 Å². The molecule has 0 amide bonds. The summed E-state index contributed by atoms with van der Waals surface area (Å²) in [5.74, 6) is 0.521. The molecule has 1 aromatic heterocycles. The molecule has 1 heterocycles. The molecule has 0 saturated carbocycles. The molecule has 76 valence electrons. The van der Waals surface area contributed by atoms with Crippen molar-refractivity contribution in [3.63, 3.8) is 0 Å². The Labute approximate surface area is 92.0 Å². The van der Waals surface area contributed by atoms with Crippen molar-refractivity contribution in [3.05, 3.63) is 21.9 Å². The van der Waals surface area contributed by atoms with Gasteiger partial charge in [0.2, 0.25) is 0 Å². The number of rotatable bonds is 4. The Morgan fingerprint density at radius 2 is 2.29 bits per heavy atom. The topological polar surface area (TPSA) is 64.2 Å². The predicted molar refractivity (Wildman–Crippen MR) is 58.5 cm³/mol. The third-order valence-corrected chi connectivity index (χ3v) is 2.97. The maximum absolute atomic E-state index is 9.64. The van der Waals surface area contributed by atoms with Crippen molar-refractivity contribution in [2.75, 3.05) is 5.75 Å². The number of thiol groups is 1. The summed E-state index contributed by atoms with van der Waals surface area (Å²) < 4.78 is 0. The third-order valence-electron chi connectivity index (χ3n) is 1.86. The second kappa shape index (κ2) is 5.37. The third kappa shape index (κ3) is 2.72. The normalized spacial score (nSPS) is 14.7. The highest BCUT2D eigenvalue weighted by atomic mass is 32.1. The quantitative estimate of drug-likeness (QED) is 0.683. The van der Waals surface area contributed by atoms with Crippen molar-refractivity contribution in [2.45, 2.75) is 18.6 Å². The number of hydrogen-bond donors (Lipinski definition) is 3. The number of hydrogen-bond acceptors (Lipinski definition) is 5. The first-order chi connectivity index (χ1) is 6.69. The van der Waals surface area contributed by atoms with Gasteiger partial charge in [0.1, 0.15) is 17.1 Å².